The molecule has 5 rings (SSSR count). The number of piperidine rings is 1. The van der Waals surface area contributed by atoms with Gasteiger partial charge in [0, 0.05) is 61.3 Å². The highest BCUT2D eigenvalue weighted by atomic mass is 16.5. The van der Waals surface area contributed by atoms with Crippen molar-refractivity contribution in [2.24, 2.45) is 7.05 Å². The first-order valence-corrected chi connectivity index (χ1v) is 11.7. The van der Waals surface area contributed by atoms with Crippen molar-refractivity contribution in [3.8, 4) is 11.4 Å². The molecule has 0 radical (unpaired) electrons. The van der Waals surface area contributed by atoms with Crippen molar-refractivity contribution in [2.45, 2.75) is 25.7 Å². The van der Waals surface area contributed by atoms with Crippen molar-refractivity contribution in [1.29, 1.82) is 0 Å². The van der Waals surface area contributed by atoms with Crippen molar-refractivity contribution < 1.29 is 9.53 Å². The maximum atomic E-state index is 12.8. The Labute approximate surface area is 200 Å². The van der Waals surface area contributed by atoms with Gasteiger partial charge in [0.25, 0.3) is 0 Å². The number of allylic oxidation sites excluding steroid dienone is 1. The highest BCUT2D eigenvalue weighted by molar-refractivity contribution is 6.04. The Morgan fingerprint density at radius 3 is 2.62 bits per heavy atom. The molecule has 1 aliphatic rings. The molecule has 0 saturated carbocycles. The number of hydrogen-bond acceptors (Lipinski definition) is 4. The minimum atomic E-state index is -0.0255. The van der Waals surface area contributed by atoms with Gasteiger partial charge in [0.1, 0.15) is 5.75 Å². The number of aromatic nitrogens is 3. The normalized spacial score (nSPS) is 14.9. The van der Waals surface area contributed by atoms with E-state index in [1.165, 1.54) is 16.6 Å². The molecule has 4 aromatic rings. The first-order chi connectivity index (χ1) is 16.5. The topological polar surface area (TPSA) is 52.3 Å². The molecule has 174 valence electrons. The molecule has 0 bridgehead atoms. The minimum absolute atomic E-state index is 0.0255. The van der Waals surface area contributed by atoms with E-state index in [9.17, 15) is 4.79 Å². The zero-order valence-electron chi connectivity index (χ0n) is 19.9. The molecular formula is C28H30N4O2. The zero-order chi connectivity index (χ0) is 23.7. The molecule has 0 amide bonds. The molecule has 0 atom stereocenters. The molecule has 1 saturated heterocycles. The van der Waals surface area contributed by atoms with Gasteiger partial charge in [0.2, 0.25) is 0 Å². The van der Waals surface area contributed by atoms with Gasteiger partial charge in [0.05, 0.1) is 24.8 Å². The Balaban J connectivity index is 1.23. The van der Waals surface area contributed by atoms with Gasteiger partial charge in [-0.3, -0.25) is 4.79 Å². The fourth-order valence-electron chi connectivity index (χ4n) is 4.91. The summed E-state index contributed by atoms with van der Waals surface area (Å²) in [5, 5.41) is 1.30. The van der Waals surface area contributed by atoms with Crippen molar-refractivity contribution in [1.82, 2.24) is 19.0 Å². The van der Waals surface area contributed by atoms with Crippen LogP contribution in [0.2, 0.25) is 0 Å². The summed E-state index contributed by atoms with van der Waals surface area (Å²) in [5.74, 6) is 1.16. The molecule has 0 aliphatic carbocycles. The number of ketones is 1. The first kappa shape index (κ1) is 22.0. The number of para-hydroxylation sites is 1. The third-order valence-electron chi connectivity index (χ3n) is 6.83. The number of nitrogens with zero attached hydrogens (tertiary/aromatic N) is 4. The standard InChI is InChI=1S/C28H30N4O2/c1-20-18-32(19-29-20)25-9-8-23(17-28(25)34-3)27(33)12-15-31-13-10-21(11-14-31)26-16-22-6-4-5-7-24(22)30(26)2/h4-9,12,15-19,21H,10-11,13-14H2,1-3H3/b15-12+. The summed E-state index contributed by atoms with van der Waals surface area (Å²) in [4.78, 5) is 19.4. The SMILES string of the molecule is COc1cc(C(=O)/C=C/N2CCC(c3cc4ccccc4n3C)CC2)ccc1-n1cnc(C)c1. The third kappa shape index (κ3) is 4.23. The maximum Gasteiger partial charge on any atom is 0.187 e. The van der Waals surface area contributed by atoms with Gasteiger partial charge in [-0.25, -0.2) is 4.98 Å². The number of imidazole rings is 1. The van der Waals surface area contributed by atoms with Crippen molar-refractivity contribution in [2.75, 3.05) is 20.2 Å². The highest BCUT2D eigenvalue weighted by Gasteiger charge is 2.22. The third-order valence-corrected chi connectivity index (χ3v) is 6.83. The molecule has 6 nitrogen and oxygen atoms in total. The molecule has 6 heteroatoms. The fourth-order valence-corrected chi connectivity index (χ4v) is 4.91. The van der Waals surface area contributed by atoms with Gasteiger partial charge < -0.3 is 18.8 Å². The van der Waals surface area contributed by atoms with Crippen LogP contribution in [0.4, 0.5) is 0 Å². The van der Waals surface area contributed by atoms with Gasteiger partial charge in [0.15, 0.2) is 5.78 Å². The van der Waals surface area contributed by atoms with E-state index in [4.69, 9.17) is 4.74 Å². The number of carbonyl (C=O) groups is 1. The Hall–Kier alpha value is -3.80. The predicted octanol–water partition coefficient (Wildman–Crippen LogP) is 5.26. The molecule has 2 aromatic heterocycles. The van der Waals surface area contributed by atoms with Gasteiger partial charge >= 0.3 is 0 Å². The smallest absolute Gasteiger partial charge is 0.187 e. The second-order valence-corrected chi connectivity index (χ2v) is 8.99. The Kier molecular flexibility index (Phi) is 5.97. The number of rotatable bonds is 6. The number of benzene rings is 2. The van der Waals surface area contributed by atoms with Crippen LogP contribution in [0, 0.1) is 6.92 Å². The summed E-state index contributed by atoms with van der Waals surface area (Å²) in [6, 6.07) is 16.4. The van der Waals surface area contributed by atoms with Gasteiger partial charge in [-0.2, -0.15) is 0 Å². The van der Waals surface area contributed by atoms with Crippen LogP contribution in [0.15, 0.2) is 73.3 Å². The van der Waals surface area contributed by atoms with Crippen LogP contribution in [-0.4, -0.2) is 45.0 Å². The summed E-state index contributed by atoms with van der Waals surface area (Å²) >= 11 is 0. The lowest BCUT2D eigenvalue weighted by molar-refractivity contribution is 0.104. The Bertz CT molecular complexity index is 1360. The monoisotopic (exact) mass is 454 g/mol. The Morgan fingerprint density at radius 2 is 1.91 bits per heavy atom. The zero-order valence-corrected chi connectivity index (χ0v) is 19.9. The van der Waals surface area contributed by atoms with E-state index >= 15 is 0 Å². The minimum Gasteiger partial charge on any atom is -0.495 e. The fraction of sp³-hybridized carbons (Fsp3) is 0.286. The van der Waals surface area contributed by atoms with E-state index in [0.29, 0.717) is 17.2 Å². The number of methoxy groups -OCH3 is 1. The average Bonchev–Trinajstić information content (AvgIpc) is 3.45. The van der Waals surface area contributed by atoms with Crippen molar-refractivity contribution >= 4 is 16.7 Å². The van der Waals surface area contributed by atoms with Crippen LogP contribution in [0.1, 0.15) is 40.5 Å². The van der Waals surface area contributed by atoms with Crippen molar-refractivity contribution in [3.05, 3.63) is 90.3 Å². The van der Waals surface area contributed by atoms with E-state index in [2.05, 4.69) is 51.8 Å². The van der Waals surface area contributed by atoms with E-state index in [1.54, 1.807) is 25.6 Å². The second-order valence-electron chi connectivity index (χ2n) is 8.99. The van der Waals surface area contributed by atoms with Gasteiger partial charge in [-0.15, -0.1) is 0 Å². The average molecular weight is 455 g/mol. The summed E-state index contributed by atoms with van der Waals surface area (Å²) < 4.78 is 9.77. The molecular weight excluding hydrogens is 424 g/mol. The summed E-state index contributed by atoms with van der Waals surface area (Å²) in [6.45, 7) is 3.83. The summed E-state index contributed by atoms with van der Waals surface area (Å²) in [7, 11) is 3.78. The van der Waals surface area contributed by atoms with E-state index in [0.717, 1.165) is 37.3 Å². The summed E-state index contributed by atoms with van der Waals surface area (Å²) in [5.41, 5.74) is 5.09. The van der Waals surface area contributed by atoms with E-state index < -0.39 is 0 Å². The number of likely N-dealkylation sites (tertiary alicyclic amines) is 1. The van der Waals surface area contributed by atoms with E-state index in [1.807, 2.05) is 36.0 Å². The highest BCUT2D eigenvalue weighted by Crippen LogP contribution is 2.32. The number of carbonyl (C=O) groups excluding carboxylic acids is 1. The summed E-state index contributed by atoms with van der Waals surface area (Å²) in [6.07, 6.45) is 9.45. The number of hydrogen-bond donors (Lipinski definition) is 0. The molecule has 0 spiro atoms. The molecule has 0 unspecified atom stereocenters. The largest absolute Gasteiger partial charge is 0.495 e. The van der Waals surface area contributed by atoms with Crippen LogP contribution in [0.5, 0.6) is 5.75 Å². The van der Waals surface area contributed by atoms with Crippen molar-refractivity contribution in [3.63, 3.8) is 0 Å². The molecule has 3 heterocycles. The predicted molar refractivity (Wildman–Crippen MR) is 135 cm³/mol. The molecule has 0 N–H and O–H groups in total. The van der Waals surface area contributed by atoms with Crippen LogP contribution >= 0.6 is 0 Å². The second kappa shape index (κ2) is 9.21. The van der Waals surface area contributed by atoms with E-state index in [-0.39, 0.29) is 5.78 Å². The molecule has 1 aliphatic heterocycles. The first-order valence-electron chi connectivity index (χ1n) is 11.7. The number of fused-ring (bicyclic) bond motifs is 1. The molecule has 34 heavy (non-hydrogen) atoms. The number of aryl methyl sites for hydroxylation is 2. The van der Waals surface area contributed by atoms with Crippen LogP contribution in [0.25, 0.3) is 16.6 Å². The molecule has 1 fully saturated rings. The van der Waals surface area contributed by atoms with Crippen LogP contribution in [-0.2, 0) is 7.05 Å². The lowest BCUT2D eigenvalue weighted by atomic mass is 9.93. The Morgan fingerprint density at radius 1 is 1.12 bits per heavy atom. The van der Waals surface area contributed by atoms with Crippen LogP contribution < -0.4 is 4.74 Å². The molecule has 2 aromatic carbocycles. The maximum absolute atomic E-state index is 12.8. The van der Waals surface area contributed by atoms with Crippen LogP contribution in [0.3, 0.4) is 0 Å². The lowest BCUT2D eigenvalue weighted by Crippen LogP contribution is -2.29. The quantitative estimate of drug-likeness (QED) is 0.295. The van der Waals surface area contributed by atoms with Gasteiger partial charge in [-0.1, -0.05) is 18.2 Å². The lowest BCUT2D eigenvalue weighted by Gasteiger charge is -2.31. The number of ether oxygens (including phenoxy) is 1. The van der Waals surface area contributed by atoms with Gasteiger partial charge in [-0.05, 0) is 55.5 Å².